The van der Waals surface area contributed by atoms with E-state index in [0.29, 0.717) is 5.69 Å². The maximum Gasteiger partial charge on any atom is 0.252 e. The first kappa shape index (κ1) is 22.8. The SMILES string of the molecule is COC(CN(C1CC(=O)N(c2ccc(I)cc2)C1=O)S(=O)(=O)c1ccccc1)OC. The van der Waals surface area contributed by atoms with Crippen LogP contribution in [-0.4, -0.2) is 57.6 Å². The smallest absolute Gasteiger partial charge is 0.252 e. The van der Waals surface area contributed by atoms with Crippen molar-refractivity contribution in [1.29, 1.82) is 0 Å². The largest absolute Gasteiger partial charge is 0.354 e. The van der Waals surface area contributed by atoms with E-state index < -0.39 is 34.2 Å². The van der Waals surface area contributed by atoms with E-state index in [1.807, 2.05) is 0 Å². The summed E-state index contributed by atoms with van der Waals surface area (Å²) < 4.78 is 39.0. The molecule has 0 saturated carbocycles. The standard InChI is InChI=1S/C20H21IN2O6S/c1-28-19(29-2)13-22(30(26,27)16-6-4-3-5-7-16)17-12-18(24)23(20(17)25)15-10-8-14(21)9-11-15/h3-11,17,19H,12-13H2,1-2H3. The lowest BCUT2D eigenvalue weighted by atomic mass is 10.2. The number of benzene rings is 2. The van der Waals surface area contributed by atoms with Crippen LogP contribution < -0.4 is 4.90 Å². The Hall–Kier alpha value is -1.86. The van der Waals surface area contributed by atoms with Crippen LogP contribution in [0.4, 0.5) is 5.69 Å². The lowest BCUT2D eigenvalue weighted by molar-refractivity contribution is -0.125. The molecule has 1 saturated heterocycles. The number of halogens is 1. The van der Waals surface area contributed by atoms with Crippen molar-refractivity contribution in [2.45, 2.75) is 23.6 Å². The van der Waals surface area contributed by atoms with E-state index in [1.54, 1.807) is 42.5 Å². The minimum atomic E-state index is -4.10. The van der Waals surface area contributed by atoms with Crippen molar-refractivity contribution in [3.63, 3.8) is 0 Å². The Morgan fingerprint density at radius 1 is 1.07 bits per heavy atom. The third kappa shape index (κ3) is 4.57. The molecule has 2 amide bonds. The maximum absolute atomic E-state index is 13.4. The number of hydrogen-bond donors (Lipinski definition) is 0. The first-order valence-electron chi connectivity index (χ1n) is 9.04. The van der Waals surface area contributed by atoms with Crippen LogP contribution in [0.5, 0.6) is 0 Å². The van der Waals surface area contributed by atoms with Crippen molar-refractivity contribution >= 4 is 50.1 Å². The van der Waals surface area contributed by atoms with Crippen molar-refractivity contribution in [3.8, 4) is 0 Å². The number of carbonyl (C=O) groups is 2. The quantitative estimate of drug-likeness (QED) is 0.288. The molecule has 0 aromatic heterocycles. The van der Waals surface area contributed by atoms with Gasteiger partial charge in [-0.1, -0.05) is 18.2 Å². The van der Waals surface area contributed by atoms with Gasteiger partial charge in [0.25, 0.3) is 5.91 Å². The van der Waals surface area contributed by atoms with Gasteiger partial charge in [0.05, 0.1) is 23.5 Å². The van der Waals surface area contributed by atoms with Crippen molar-refractivity contribution in [3.05, 3.63) is 58.2 Å². The molecule has 30 heavy (non-hydrogen) atoms. The zero-order valence-corrected chi connectivity index (χ0v) is 19.4. The average Bonchev–Trinajstić information content (AvgIpc) is 3.04. The second-order valence-electron chi connectivity index (χ2n) is 6.55. The highest BCUT2D eigenvalue weighted by molar-refractivity contribution is 14.1. The van der Waals surface area contributed by atoms with Gasteiger partial charge in [-0.15, -0.1) is 0 Å². The van der Waals surface area contributed by atoms with Gasteiger partial charge in [0.2, 0.25) is 15.9 Å². The monoisotopic (exact) mass is 544 g/mol. The van der Waals surface area contributed by atoms with E-state index in [2.05, 4.69) is 22.6 Å². The topological polar surface area (TPSA) is 93.2 Å². The minimum absolute atomic E-state index is 0.0175. The van der Waals surface area contributed by atoms with Crippen LogP contribution in [0.25, 0.3) is 0 Å². The molecule has 1 heterocycles. The third-order valence-corrected chi connectivity index (χ3v) is 7.37. The molecule has 0 radical (unpaired) electrons. The number of rotatable bonds is 8. The lowest BCUT2D eigenvalue weighted by Gasteiger charge is -2.29. The normalized spacial score (nSPS) is 17.4. The van der Waals surface area contributed by atoms with Gasteiger partial charge in [-0.25, -0.2) is 13.3 Å². The molecule has 0 N–H and O–H groups in total. The zero-order chi connectivity index (χ0) is 21.9. The van der Waals surface area contributed by atoms with Gasteiger partial charge in [0.1, 0.15) is 6.04 Å². The molecule has 1 aliphatic rings. The molecule has 0 spiro atoms. The average molecular weight is 544 g/mol. The Balaban J connectivity index is 2.00. The molecule has 2 aromatic carbocycles. The molecule has 8 nitrogen and oxygen atoms in total. The Labute approximate surface area is 188 Å². The van der Waals surface area contributed by atoms with Gasteiger partial charge in [-0.2, -0.15) is 4.31 Å². The van der Waals surface area contributed by atoms with Crippen LogP contribution in [-0.2, 0) is 29.1 Å². The Morgan fingerprint density at radius 2 is 1.67 bits per heavy atom. The molecule has 1 atom stereocenters. The number of anilines is 1. The second kappa shape index (κ2) is 9.52. The van der Waals surface area contributed by atoms with E-state index in [4.69, 9.17) is 9.47 Å². The van der Waals surface area contributed by atoms with Crippen LogP contribution in [0.3, 0.4) is 0 Å². The highest BCUT2D eigenvalue weighted by Gasteiger charge is 2.47. The highest BCUT2D eigenvalue weighted by atomic mass is 127. The zero-order valence-electron chi connectivity index (χ0n) is 16.4. The number of ether oxygens (including phenoxy) is 2. The van der Waals surface area contributed by atoms with Gasteiger partial charge < -0.3 is 9.47 Å². The predicted molar refractivity (Wildman–Crippen MR) is 118 cm³/mol. The molecule has 0 bridgehead atoms. The summed E-state index contributed by atoms with van der Waals surface area (Å²) in [4.78, 5) is 26.9. The van der Waals surface area contributed by atoms with Crippen molar-refractivity contribution in [2.75, 3.05) is 25.7 Å². The number of methoxy groups -OCH3 is 2. The molecule has 1 fully saturated rings. The number of imide groups is 1. The van der Waals surface area contributed by atoms with Gasteiger partial charge in [-0.05, 0) is 59.0 Å². The number of nitrogens with zero attached hydrogens (tertiary/aromatic N) is 2. The minimum Gasteiger partial charge on any atom is -0.354 e. The molecule has 10 heteroatoms. The summed E-state index contributed by atoms with van der Waals surface area (Å²) in [7, 11) is -1.34. The first-order valence-corrected chi connectivity index (χ1v) is 11.6. The van der Waals surface area contributed by atoms with Gasteiger partial charge >= 0.3 is 0 Å². The number of amides is 2. The van der Waals surface area contributed by atoms with Crippen molar-refractivity contribution in [1.82, 2.24) is 4.31 Å². The van der Waals surface area contributed by atoms with Crippen LogP contribution in [0.1, 0.15) is 6.42 Å². The predicted octanol–water partition coefficient (Wildman–Crippen LogP) is 2.23. The fraction of sp³-hybridized carbons (Fsp3) is 0.300. The highest BCUT2D eigenvalue weighted by Crippen LogP contribution is 2.30. The molecule has 1 aliphatic heterocycles. The Bertz CT molecular complexity index is 1010. The van der Waals surface area contributed by atoms with Crippen LogP contribution in [0.2, 0.25) is 0 Å². The molecule has 1 unspecified atom stereocenters. The van der Waals surface area contributed by atoms with Gasteiger partial charge in [0.15, 0.2) is 6.29 Å². The lowest BCUT2D eigenvalue weighted by Crippen LogP contribution is -2.49. The first-order chi connectivity index (χ1) is 14.3. The molecule has 2 aromatic rings. The molecular weight excluding hydrogens is 523 g/mol. The third-order valence-electron chi connectivity index (χ3n) is 4.76. The van der Waals surface area contributed by atoms with Gasteiger partial charge in [0, 0.05) is 17.8 Å². The summed E-state index contributed by atoms with van der Waals surface area (Å²) >= 11 is 2.12. The fourth-order valence-corrected chi connectivity index (χ4v) is 5.16. The van der Waals surface area contributed by atoms with Crippen molar-refractivity contribution < 1.29 is 27.5 Å². The van der Waals surface area contributed by atoms with E-state index >= 15 is 0 Å². The summed E-state index contributed by atoms with van der Waals surface area (Å²) in [5, 5.41) is 0. The molecule has 0 aliphatic carbocycles. The summed E-state index contributed by atoms with van der Waals surface area (Å²) in [6.45, 7) is -0.242. The van der Waals surface area contributed by atoms with E-state index in [0.717, 1.165) is 12.8 Å². The van der Waals surface area contributed by atoms with E-state index in [1.165, 1.54) is 26.4 Å². The van der Waals surface area contributed by atoms with Crippen LogP contribution >= 0.6 is 22.6 Å². The number of sulfonamides is 1. The Kier molecular flexibility index (Phi) is 7.24. The number of carbonyl (C=O) groups excluding carboxylic acids is 2. The van der Waals surface area contributed by atoms with Crippen LogP contribution in [0, 0.1) is 3.57 Å². The second-order valence-corrected chi connectivity index (χ2v) is 9.69. The van der Waals surface area contributed by atoms with E-state index in [-0.39, 0.29) is 17.9 Å². The molecule has 3 rings (SSSR count). The fourth-order valence-electron chi connectivity index (χ4n) is 3.22. The summed E-state index contributed by atoms with van der Waals surface area (Å²) in [5.41, 5.74) is 0.403. The summed E-state index contributed by atoms with van der Waals surface area (Å²) in [6, 6.07) is 13.4. The Morgan fingerprint density at radius 3 is 2.23 bits per heavy atom. The number of hydrogen-bond acceptors (Lipinski definition) is 6. The van der Waals surface area contributed by atoms with Crippen molar-refractivity contribution in [2.24, 2.45) is 0 Å². The molecule has 160 valence electrons. The summed E-state index contributed by atoms with van der Waals surface area (Å²) in [6.07, 6.45) is -1.17. The summed E-state index contributed by atoms with van der Waals surface area (Å²) in [5.74, 6) is -1.07. The van der Waals surface area contributed by atoms with Crippen LogP contribution in [0.15, 0.2) is 59.5 Å². The maximum atomic E-state index is 13.4. The van der Waals surface area contributed by atoms with Gasteiger partial charge in [-0.3, -0.25) is 9.59 Å². The van der Waals surface area contributed by atoms with E-state index in [9.17, 15) is 18.0 Å². The molecular formula is C20H21IN2O6S.